The number of allylic oxidation sites excluding steroid dienone is 1. The Kier molecular flexibility index (Phi) is 7.62. The number of hydrogen-bond donors (Lipinski definition) is 0. The zero-order chi connectivity index (χ0) is 23.5. The van der Waals surface area contributed by atoms with Crippen molar-refractivity contribution >= 4 is 14.1 Å². The van der Waals surface area contributed by atoms with Crippen molar-refractivity contribution in [2.75, 3.05) is 20.0 Å². The second-order valence-electron chi connectivity index (χ2n) is 10.5. The molecule has 1 aromatic carbocycles. The maximum atomic E-state index is 13.2. The summed E-state index contributed by atoms with van der Waals surface area (Å²) < 4.78 is 24.6. The lowest BCUT2D eigenvalue weighted by Crippen LogP contribution is -2.57. The van der Waals surface area contributed by atoms with Gasteiger partial charge in [0.25, 0.3) is 0 Å². The first-order valence-electron chi connectivity index (χ1n) is 11.4. The van der Waals surface area contributed by atoms with Crippen molar-refractivity contribution in [3.63, 3.8) is 0 Å². The van der Waals surface area contributed by atoms with Crippen LogP contribution < -0.4 is 0 Å². The van der Waals surface area contributed by atoms with Crippen LogP contribution in [0.1, 0.15) is 39.2 Å². The lowest BCUT2D eigenvalue weighted by molar-refractivity contribution is -0.202. The van der Waals surface area contributed by atoms with Gasteiger partial charge in [0.1, 0.15) is 23.8 Å². The van der Waals surface area contributed by atoms with E-state index in [1.807, 2.05) is 42.5 Å². The van der Waals surface area contributed by atoms with E-state index in [1.54, 1.807) is 6.08 Å². The van der Waals surface area contributed by atoms with Crippen LogP contribution in [0.5, 0.6) is 0 Å². The standard InChI is InChI=1S/C26H38O5Si/c1-7-11-22-23(27)16-25(18-30-32(5,6)24(2,3)4)14-15-26(22,31-25)19-29-20-28-17-21-12-9-8-10-13-21/h7-10,12-15,22H,1,11,16-20H2,2-6H3/t22-,25-,26-/m0/s1. The van der Waals surface area contributed by atoms with Gasteiger partial charge in [-0.1, -0.05) is 69.3 Å². The molecule has 176 valence electrons. The molecule has 5 nitrogen and oxygen atoms in total. The predicted octanol–water partition coefficient (Wildman–Crippen LogP) is 5.43. The predicted molar refractivity (Wildman–Crippen MR) is 129 cm³/mol. The van der Waals surface area contributed by atoms with Crippen molar-refractivity contribution in [2.24, 2.45) is 5.92 Å². The molecule has 0 saturated carbocycles. The molecule has 2 aliphatic heterocycles. The number of Topliss-reactive ketones (excluding diaryl/α,β-unsaturated/α-hetero) is 1. The molecule has 32 heavy (non-hydrogen) atoms. The van der Waals surface area contributed by atoms with Crippen molar-refractivity contribution in [1.29, 1.82) is 0 Å². The quantitative estimate of drug-likeness (QED) is 0.192. The van der Waals surface area contributed by atoms with E-state index in [-0.39, 0.29) is 30.1 Å². The molecule has 2 heterocycles. The molecule has 0 amide bonds. The molecule has 3 rings (SSSR count). The normalized spacial score (nSPS) is 27.7. The summed E-state index contributed by atoms with van der Waals surface area (Å²) in [7, 11) is -1.97. The van der Waals surface area contributed by atoms with E-state index in [9.17, 15) is 4.79 Å². The second kappa shape index (κ2) is 9.73. The Balaban J connectivity index is 1.64. The van der Waals surface area contributed by atoms with E-state index >= 15 is 0 Å². The summed E-state index contributed by atoms with van der Waals surface area (Å²) in [5.41, 5.74) is -0.444. The summed E-state index contributed by atoms with van der Waals surface area (Å²) >= 11 is 0. The van der Waals surface area contributed by atoms with Gasteiger partial charge in [0, 0.05) is 6.42 Å². The third-order valence-corrected chi connectivity index (χ3v) is 11.5. The third kappa shape index (κ3) is 5.49. The summed E-state index contributed by atoms with van der Waals surface area (Å²) in [4.78, 5) is 13.2. The highest BCUT2D eigenvalue weighted by molar-refractivity contribution is 6.74. The van der Waals surface area contributed by atoms with Gasteiger partial charge in [-0.25, -0.2) is 0 Å². The van der Waals surface area contributed by atoms with Crippen LogP contribution in [0.25, 0.3) is 0 Å². The Morgan fingerprint density at radius 3 is 2.53 bits per heavy atom. The van der Waals surface area contributed by atoms with Crippen LogP contribution in [0.2, 0.25) is 18.1 Å². The maximum absolute atomic E-state index is 13.2. The monoisotopic (exact) mass is 458 g/mol. The Hall–Kier alpha value is -1.57. The number of rotatable bonds is 11. The topological polar surface area (TPSA) is 54.0 Å². The molecule has 0 radical (unpaired) electrons. The summed E-state index contributed by atoms with van der Waals surface area (Å²) in [6.07, 6.45) is 6.69. The van der Waals surface area contributed by atoms with Crippen molar-refractivity contribution in [3.8, 4) is 0 Å². The average Bonchev–Trinajstić information content (AvgIpc) is 3.05. The number of fused-ring (bicyclic) bond motifs is 2. The largest absolute Gasteiger partial charge is 0.414 e. The summed E-state index contributed by atoms with van der Waals surface area (Å²) in [5.74, 6) is -0.136. The van der Waals surface area contributed by atoms with Crippen LogP contribution in [-0.2, 0) is 30.0 Å². The molecule has 0 aromatic heterocycles. The summed E-state index contributed by atoms with van der Waals surface area (Å²) in [5, 5.41) is 0.0896. The van der Waals surface area contributed by atoms with E-state index in [0.717, 1.165) is 5.56 Å². The van der Waals surface area contributed by atoms with Crippen molar-refractivity contribution in [2.45, 2.75) is 69.6 Å². The van der Waals surface area contributed by atoms with E-state index in [0.29, 0.717) is 26.1 Å². The molecule has 0 aliphatic carbocycles. The highest BCUT2D eigenvalue weighted by Crippen LogP contribution is 2.47. The molecule has 6 heteroatoms. The molecular weight excluding hydrogens is 420 g/mol. The first-order chi connectivity index (χ1) is 15.0. The van der Waals surface area contributed by atoms with Crippen molar-refractivity contribution < 1.29 is 23.4 Å². The second-order valence-corrected chi connectivity index (χ2v) is 15.3. The van der Waals surface area contributed by atoms with E-state index in [1.165, 1.54) is 0 Å². The van der Waals surface area contributed by atoms with E-state index in [2.05, 4.69) is 40.4 Å². The molecule has 3 atom stereocenters. The molecule has 1 fully saturated rings. The minimum absolute atomic E-state index is 0.0896. The summed E-state index contributed by atoms with van der Waals surface area (Å²) in [6.45, 7) is 16.2. The third-order valence-electron chi connectivity index (χ3n) is 7.01. The molecule has 2 bridgehead atoms. The van der Waals surface area contributed by atoms with Crippen molar-refractivity contribution in [3.05, 3.63) is 60.7 Å². The van der Waals surface area contributed by atoms with Crippen LogP contribution in [0.15, 0.2) is 55.1 Å². The highest BCUT2D eigenvalue weighted by atomic mass is 28.4. The zero-order valence-electron chi connectivity index (χ0n) is 20.2. The fourth-order valence-electron chi connectivity index (χ4n) is 4.03. The van der Waals surface area contributed by atoms with Gasteiger partial charge in [0.2, 0.25) is 0 Å². The molecule has 0 spiro atoms. The average molecular weight is 459 g/mol. The van der Waals surface area contributed by atoms with Crippen LogP contribution >= 0.6 is 0 Å². The molecule has 2 aliphatic rings. The smallest absolute Gasteiger partial charge is 0.192 e. The molecular formula is C26H38O5Si. The molecule has 1 aromatic rings. The fraction of sp³-hybridized carbons (Fsp3) is 0.577. The minimum Gasteiger partial charge on any atom is -0.414 e. The number of hydrogen-bond acceptors (Lipinski definition) is 5. The van der Waals surface area contributed by atoms with Gasteiger partial charge in [-0.05, 0) is 30.1 Å². The van der Waals surface area contributed by atoms with Crippen LogP contribution in [0.3, 0.4) is 0 Å². The number of carbonyl (C=O) groups is 1. The first-order valence-corrected chi connectivity index (χ1v) is 14.3. The Labute approximate surface area is 193 Å². The van der Waals surface area contributed by atoms with E-state index < -0.39 is 19.5 Å². The lowest BCUT2D eigenvalue weighted by Gasteiger charge is -2.46. The zero-order valence-corrected chi connectivity index (χ0v) is 21.2. The van der Waals surface area contributed by atoms with Gasteiger partial charge < -0.3 is 18.6 Å². The molecule has 0 unspecified atom stereocenters. The van der Waals surface area contributed by atoms with Crippen LogP contribution in [0.4, 0.5) is 0 Å². The highest BCUT2D eigenvalue weighted by Gasteiger charge is 2.57. The molecule has 1 saturated heterocycles. The van der Waals surface area contributed by atoms with Gasteiger partial charge in [-0.3, -0.25) is 4.79 Å². The number of ketones is 1. The van der Waals surface area contributed by atoms with Gasteiger partial charge in [-0.15, -0.1) is 6.58 Å². The minimum atomic E-state index is -1.97. The van der Waals surface area contributed by atoms with Crippen molar-refractivity contribution in [1.82, 2.24) is 0 Å². The Bertz CT molecular complexity index is 828. The Morgan fingerprint density at radius 1 is 1.16 bits per heavy atom. The Morgan fingerprint density at radius 2 is 1.88 bits per heavy atom. The van der Waals surface area contributed by atoms with Gasteiger partial charge in [-0.2, -0.15) is 0 Å². The van der Waals surface area contributed by atoms with Gasteiger partial charge >= 0.3 is 0 Å². The van der Waals surface area contributed by atoms with Gasteiger partial charge in [0.15, 0.2) is 8.32 Å². The maximum Gasteiger partial charge on any atom is 0.192 e. The number of ether oxygens (including phenoxy) is 3. The molecule has 0 N–H and O–H groups in total. The SMILES string of the molecule is C=CC[C@H]1C(=O)C[C@]2(CO[Si](C)(C)C(C)(C)C)C=C[C@@]1(COCOCc1ccccc1)O2. The lowest BCUT2D eigenvalue weighted by atomic mass is 9.78. The number of benzene rings is 1. The van der Waals surface area contributed by atoms with E-state index in [4.69, 9.17) is 18.6 Å². The fourth-order valence-corrected chi connectivity index (χ4v) is 5.07. The summed E-state index contributed by atoms with van der Waals surface area (Å²) in [6, 6.07) is 9.96. The first kappa shape index (κ1) is 25.1. The van der Waals surface area contributed by atoms with Crippen LogP contribution in [0, 0.1) is 5.92 Å². The van der Waals surface area contributed by atoms with Crippen LogP contribution in [-0.4, -0.2) is 45.3 Å². The van der Waals surface area contributed by atoms with Gasteiger partial charge in [0.05, 0.1) is 25.7 Å². The number of carbonyl (C=O) groups excluding carboxylic acids is 1.